The zero-order valence-corrected chi connectivity index (χ0v) is 33.4. The predicted octanol–water partition coefficient (Wildman–Crippen LogP) is 4.45. The molecular weight excluding hydrogens is 727 g/mol. The molecule has 4 heterocycles. The van der Waals surface area contributed by atoms with E-state index in [1.807, 2.05) is 31.2 Å². The molecule has 14 nitrogen and oxygen atoms in total. The van der Waals surface area contributed by atoms with Gasteiger partial charge in [-0.15, -0.1) is 0 Å². The summed E-state index contributed by atoms with van der Waals surface area (Å²) >= 11 is 0. The molecule has 0 spiro atoms. The maximum atomic E-state index is 14.6. The largest absolute Gasteiger partial charge is 0.449 e. The predicted molar refractivity (Wildman–Crippen MR) is 204 cm³/mol. The van der Waals surface area contributed by atoms with Crippen LogP contribution in [0.25, 0.3) is 0 Å². The lowest BCUT2D eigenvalue weighted by Gasteiger charge is -2.47. The fourth-order valence-corrected chi connectivity index (χ4v) is 9.61. The van der Waals surface area contributed by atoms with Crippen LogP contribution in [-0.2, 0) is 53.4 Å². The van der Waals surface area contributed by atoms with Crippen LogP contribution in [-0.4, -0.2) is 90.8 Å². The maximum absolute atomic E-state index is 14.6. The second kappa shape index (κ2) is 16.5. The molecule has 1 saturated heterocycles. The first kappa shape index (κ1) is 40.5. The Kier molecular flexibility index (Phi) is 12.2. The molecule has 6 rings (SSSR count). The van der Waals surface area contributed by atoms with E-state index in [9.17, 15) is 32.4 Å². The van der Waals surface area contributed by atoms with Gasteiger partial charge in [0.15, 0.2) is 0 Å². The van der Waals surface area contributed by atoms with Gasteiger partial charge in [0.25, 0.3) is 5.91 Å². The number of nitrogens with zero attached hydrogens (tertiary/aromatic N) is 2. The Balaban J connectivity index is 1.30. The Morgan fingerprint density at radius 1 is 1.00 bits per heavy atom. The lowest BCUT2D eigenvalue weighted by Crippen LogP contribution is -2.70. The van der Waals surface area contributed by atoms with Crippen molar-refractivity contribution in [2.24, 2.45) is 17.3 Å². The number of ether oxygens (including phenoxy) is 2. The molecule has 5 amide bonds. The highest BCUT2D eigenvalue weighted by Gasteiger charge is 2.56. The molecule has 2 fully saturated rings. The summed E-state index contributed by atoms with van der Waals surface area (Å²) in [5, 5.41) is 5.64. The van der Waals surface area contributed by atoms with E-state index in [4.69, 9.17) is 9.47 Å². The summed E-state index contributed by atoms with van der Waals surface area (Å²) in [6.45, 7) is 8.20. The summed E-state index contributed by atoms with van der Waals surface area (Å²) in [7, 11) is -3.96. The van der Waals surface area contributed by atoms with Crippen LogP contribution >= 0.6 is 0 Å². The van der Waals surface area contributed by atoms with Crippen LogP contribution in [0.5, 0.6) is 0 Å². The summed E-state index contributed by atoms with van der Waals surface area (Å²) in [4.78, 5) is 72.8. The van der Waals surface area contributed by atoms with Gasteiger partial charge in [0.2, 0.25) is 21.8 Å². The van der Waals surface area contributed by atoms with Gasteiger partial charge in [-0.2, -0.15) is 0 Å². The first-order chi connectivity index (χ1) is 26.1. The number of alkyl carbamates (subject to hydrolysis) is 1. The Morgan fingerprint density at radius 3 is 2.53 bits per heavy atom. The third-order valence-electron chi connectivity index (χ3n) is 11.9. The molecule has 302 valence electrons. The number of allylic oxidation sites excluding steroid dienone is 1. The van der Waals surface area contributed by atoms with Gasteiger partial charge in [-0.1, -0.05) is 70.9 Å². The fraction of sp³-hybridized carbons (Fsp3) is 0.675. The molecule has 4 bridgehead atoms. The minimum atomic E-state index is -3.96. The second-order valence-electron chi connectivity index (χ2n) is 17.2. The minimum absolute atomic E-state index is 0.0648. The summed E-state index contributed by atoms with van der Waals surface area (Å²) in [6.07, 6.45) is 8.51. The minimum Gasteiger partial charge on any atom is -0.449 e. The number of hydrogen-bond acceptors (Lipinski definition) is 9. The standard InChI is InChI=1S/C40H57N5O9S/c1-26-13-9-10-14-27-15-12-16-28-22-44(24-31(27)28)38(50)54-30-21-32(45(23-30)35(47)33(39(2,3)4)41-37(49)53-25-26)34(46)42-40-19-18-29(40)17-8-6-5-7-11-20-55(51,52)43-36(40)48/h8,12,15-17,26,29-30,32-33H,5-7,9-11,13-14,18-25H2,1-4H3,(H,41,49)(H,42,46)(H,43,48)/b17-8-/t26-,29-,30-,32+,33-,40-/m1/s1. The summed E-state index contributed by atoms with van der Waals surface area (Å²) < 4.78 is 39.7. The van der Waals surface area contributed by atoms with Crippen LogP contribution in [0.15, 0.2) is 30.4 Å². The van der Waals surface area contributed by atoms with E-state index in [1.165, 1.54) is 10.5 Å². The Labute approximate surface area is 324 Å². The molecule has 0 unspecified atom stereocenters. The van der Waals surface area contributed by atoms with Crippen LogP contribution in [0.1, 0.15) is 109 Å². The summed E-state index contributed by atoms with van der Waals surface area (Å²) in [6, 6.07) is 3.79. The number of benzene rings is 1. The molecule has 1 aromatic carbocycles. The number of sulfonamides is 1. The number of carbonyl (C=O) groups excluding carboxylic acids is 5. The Morgan fingerprint density at radius 2 is 1.78 bits per heavy atom. The second-order valence-corrected chi connectivity index (χ2v) is 19.0. The van der Waals surface area contributed by atoms with E-state index >= 15 is 0 Å². The molecule has 1 saturated carbocycles. The Hall–Kier alpha value is -4.14. The maximum Gasteiger partial charge on any atom is 0.410 e. The van der Waals surface area contributed by atoms with Crippen LogP contribution in [0.2, 0.25) is 0 Å². The van der Waals surface area contributed by atoms with Crippen molar-refractivity contribution in [2.75, 3.05) is 18.9 Å². The zero-order chi connectivity index (χ0) is 39.5. The molecule has 55 heavy (non-hydrogen) atoms. The average Bonchev–Trinajstić information content (AvgIpc) is 3.74. The van der Waals surface area contributed by atoms with Gasteiger partial charge in [-0.05, 0) is 79.4 Å². The van der Waals surface area contributed by atoms with Gasteiger partial charge in [-0.3, -0.25) is 24.0 Å². The number of cyclic esters (lactones) is 1. The molecule has 4 aliphatic heterocycles. The van der Waals surface area contributed by atoms with E-state index in [-0.39, 0.29) is 37.7 Å². The molecule has 15 heteroatoms. The van der Waals surface area contributed by atoms with E-state index in [1.54, 1.807) is 25.7 Å². The van der Waals surface area contributed by atoms with Gasteiger partial charge in [0.1, 0.15) is 23.7 Å². The lowest BCUT2D eigenvalue weighted by atomic mass is 9.65. The summed E-state index contributed by atoms with van der Waals surface area (Å²) in [5.41, 5.74) is 0.962. The third-order valence-corrected chi connectivity index (χ3v) is 13.2. The van der Waals surface area contributed by atoms with Crippen molar-refractivity contribution in [1.29, 1.82) is 0 Å². The normalized spacial score (nSPS) is 31.5. The highest BCUT2D eigenvalue weighted by atomic mass is 32.2. The molecule has 0 radical (unpaired) electrons. The van der Waals surface area contributed by atoms with Crippen molar-refractivity contribution in [1.82, 2.24) is 25.2 Å². The number of fused-ring (bicyclic) bond motifs is 4. The van der Waals surface area contributed by atoms with Crippen molar-refractivity contribution in [2.45, 2.75) is 135 Å². The number of aryl methyl sites for hydroxylation is 1. The highest BCUT2D eigenvalue weighted by molar-refractivity contribution is 7.90. The highest BCUT2D eigenvalue weighted by Crippen LogP contribution is 2.41. The lowest BCUT2D eigenvalue weighted by molar-refractivity contribution is -0.145. The number of rotatable bonds is 2. The average molecular weight is 784 g/mol. The van der Waals surface area contributed by atoms with Gasteiger partial charge < -0.3 is 25.0 Å². The van der Waals surface area contributed by atoms with Crippen molar-refractivity contribution in [3.63, 3.8) is 0 Å². The molecule has 0 aromatic heterocycles. The Bertz CT molecular complexity index is 1790. The van der Waals surface area contributed by atoms with Gasteiger partial charge in [0.05, 0.1) is 18.9 Å². The number of amides is 5. The first-order valence-electron chi connectivity index (χ1n) is 19.9. The molecule has 5 aliphatic rings. The SMILES string of the molecule is C[C@@H]1CCCCc2cccc3c2CN(C3)C(=O)O[C@@H]2C[C@@H](C(=O)N[C@]34CC[C@H]3/C=C\CCCCCS(=O)(=O)NC4=O)N(C2)C(=O)[C@H](C(C)(C)C)NC(=O)OC1. The van der Waals surface area contributed by atoms with Crippen LogP contribution in [0.4, 0.5) is 9.59 Å². The third kappa shape index (κ3) is 9.29. The van der Waals surface area contributed by atoms with E-state index in [2.05, 4.69) is 21.4 Å². The topological polar surface area (TPSA) is 181 Å². The fourth-order valence-electron chi connectivity index (χ4n) is 8.46. The van der Waals surface area contributed by atoms with E-state index in [0.29, 0.717) is 38.8 Å². The monoisotopic (exact) mass is 783 g/mol. The zero-order valence-electron chi connectivity index (χ0n) is 32.6. The van der Waals surface area contributed by atoms with Crippen LogP contribution in [0, 0.1) is 17.3 Å². The van der Waals surface area contributed by atoms with E-state index < -0.39 is 75.0 Å². The molecule has 3 N–H and O–H groups in total. The quantitative estimate of drug-likeness (QED) is 0.366. The number of hydrogen-bond donors (Lipinski definition) is 3. The molecule has 1 aliphatic carbocycles. The summed E-state index contributed by atoms with van der Waals surface area (Å²) in [5.74, 6) is -2.65. The van der Waals surface area contributed by atoms with Crippen molar-refractivity contribution in [3.05, 3.63) is 47.0 Å². The van der Waals surface area contributed by atoms with Gasteiger partial charge in [-0.25, -0.2) is 18.0 Å². The molecule has 6 atom stereocenters. The first-order valence-corrected chi connectivity index (χ1v) is 21.5. The molecular formula is C40H57N5O9S. The van der Waals surface area contributed by atoms with Crippen molar-refractivity contribution < 1.29 is 41.9 Å². The van der Waals surface area contributed by atoms with Crippen molar-refractivity contribution >= 4 is 39.9 Å². The van der Waals surface area contributed by atoms with Crippen molar-refractivity contribution in [3.8, 4) is 0 Å². The smallest absolute Gasteiger partial charge is 0.410 e. The number of nitrogens with one attached hydrogen (secondary N) is 3. The van der Waals surface area contributed by atoms with Gasteiger partial charge in [0, 0.05) is 25.4 Å². The van der Waals surface area contributed by atoms with Gasteiger partial charge >= 0.3 is 12.2 Å². The van der Waals surface area contributed by atoms with E-state index in [0.717, 1.165) is 43.2 Å². The van der Waals surface area contributed by atoms with Crippen LogP contribution < -0.4 is 15.4 Å². The van der Waals surface area contributed by atoms with Crippen LogP contribution in [0.3, 0.4) is 0 Å². The molecule has 1 aromatic rings. The number of carbonyl (C=O) groups is 5.